The average Bonchev–Trinajstić information content (AvgIpc) is 2.88. The number of nitrogens with zero attached hydrogens (tertiary/aromatic N) is 3. The van der Waals surface area contributed by atoms with E-state index in [1.54, 1.807) is 24.2 Å². The largest absolute Gasteiger partial charge is 0.468 e. The van der Waals surface area contributed by atoms with Gasteiger partial charge in [0.2, 0.25) is 0 Å². The van der Waals surface area contributed by atoms with E-state index in [4.69, 9.17) is 4.42 Å². The van der Waals surface area contributed by atoms with Crippen LogP contribution >= 0.6 is 27.7 Å². The van der Waals surface area contributed by atoms with E-state index in [2.05, 4.69) is 25.9 Å². The van der Waals surface area contributed by atoms with Gasteiger partial charge in [-0.1, -0.05) is 11.8 Å². The molecule has 4 nitrogen and oxygen atoms in total. The number of aryl methyl sites for hydroxylation is 1. The van der Waals surface area contributed by atoms with E-state index in [0.29, 0.717) is 0 Å². The van der Waals surface area contributed by atoms with Crippen LogP contribution in [0.1, 0.15) is 5.76 Å². The fraction of sp³-hybridized carbons (Fsp3) is 0.0909. The van der Waals surface area contributed by atoms with Crippen molar-refractivity contribution in [2.75, 3.05) is 0 Å². The predicted molar refractivity (Wildman–Crippen MR) is 68.3 cm³/mol. The molecule has 0 fully saturated rings. The van der Waals surface area contributed by atoms with Crippen LogP contribution in [0.4, 0.5) is 0 Å². The van der Waals surface area contributed by atoms with Gasteiger partial charge in [-0.25, -0.2) is 9.97 Å². The van der Waals surface area contributed by atoms with E-state index in [9.17, 15) is 0 Å². The molecule has 17 heavy (non-hydrogen) atoms. The van der Waals surface area contributed by atoms with Gasteiger partial charge in [-0.05, 0) is 28.9 Å². The van der Waals surface area contributed by atoms with Crippen LogP contribution in [0, 0.1) is 6.92 Å². The second-order valence-corrected chi connectivity index (χ2v) is 5.31. The van der Waals surface area contributed by atoms with E-state index in [-0.39, 0.29) is 0 Å². The van der Waals surface area contributed by atoms with Crippen LogP contribution < -0.4 is 0 Å². The first kappa shape index (κ1) is 10.9. The molecule has 0 aliphatic rings. The van der Waals surface area contributed by atoms with Gasteiger partial charge in [0.1, 0.15) is 15.4 Å². The zero-order chi connectivity index (χ0) is 11.8. The second-order valence-electron chi connectivity index (χ2n) is 3.47. The van der Waals surface area contributed by atoms with E-state index in [1.165, 1.54) is 0 Å². The van der Waals surface area contributed by atoms with E-state index >= 15 is 0 Å². The zero-order valence-corrected chi connectivity index (χ0v) is 11.3. The van der Waals surface area contributed by atoms with Crippen LogP contribution in [0.2, 0.25) is 0 Å². The molecule has 0 aliphatic carbocycles. The molecule has 0 saturated carbocycles. The van der Waals surface area contributed by atoms with Gasteiger partial charge in [-0.3, -0.25) is 0 Å². The smallest absolute Gasteiger partial charge is 0.170 e. The number of rotatable bonds is 2. The Balaban J connectivity index is 2.11. The highest BCUT2D eigenvalue weighted by molar-refractivity contribution is 9.10. The quantitative estimate of drug-likeness (QED) is 0.726. The van der Waals surface area contributed by atoms with Gasteiger partial charge in [-0.15, -0.1) is 0 Å². The molecule has 3 aromatic heterocycles. The molecule has 6 heteroatoms. The summed E-state index contributed by atoms with van der Waals surface area (Å²) < 4.78 is 8.00. The minimum atomic E-state index is 0.784. The number of hydrogen-bond acceptors (Lipinski definition) is 4. The Morgan fingerprint density at radius 1 is 1.47 bits per heavy atom. The molecule has 0 radical (unpaired) electrons. The second kappa shape index (κ2) is 4.19. The van der Waals surface area contributed by atoms with Gasteiger partial charge in [0, 0.05) is 18.6 Å². The minimum Gasteiger partial charge on any atom is -0.468 e. The molecule has 0 N–H and O–H groups in total. The van der Waals surface area contributed by atoms with Crippen LogP contribution in [0.25, 0.3) is 5.65 Å². The van der Waals surface area contributed by atoms with Crippen LogP contribution in [0.5, 0.6) is 0 Å². The Morgan fingerprint density at radius 2 is 2.35 bits per heavy atom. The molecular weight excluding hydrogens is 302 g/mol. The van der Waals surface area contributed by atoms with Gasteiger partial charge < -0.3 is 8.82 Å². The molecule has 0 spiro atoms. The van der Waals surface area contributed by atoms with Crippen molar-refractivity contribution >= 4 is 33.3 Å². The monoisotopic (exact) mass is 309 g/mol. The third-order valence-corrected chi connectivity index (χ3v) is 3.82. The van der Waals surface area contributed by atoms with Gasteiger partial charge >= 0.3 is 0 Å². The molecule has 3 heterocycles. The van der Waals surface area contributed by atoms with E-state index < -0.39 is 0 Å². The van der Waals surface area contributed by atoms with Gasteiger partial charge in [-0.2, -0.15) is 0 Å². The van der Waals surface area contributed by atoms with E-state index in [1.807, 2.05) is 29.8 Å². The summed E-state index contributed by atoms with van der Waals surface area (Å²) in [6, 6.07) is 1.93. The lowest BCUT2D eigenvalue weighted by molar-refractivity contribution is 0.527. The first-order chi connectivity index (χ1) is 8.24. The summed E-state index contributed by atoms with van der Waals surface area (Å²) in [6.45, 7) is 1.93. The molecule has 0 bridgehead atoms. The molecule has 0 amide bonds. The standard InChI is InChI=1S/C11H8BrN3OS/c1-7-8(2-5-16-7)17-11-10-13-3-4-15(10)6-9(12)14-11/h2-6H,1H3. The number of halogens is 1. The van der Waals surface area contributed by atoms with Gasteiger partial charge in [0.15, 0.2) is 5.65 Å². The summed E-state index contributed by atoms with van der Waals surface area (Å²) >= 11 is 4.95. The summed E-state index contributed by atoms with van der Waals surface area (Å²) in [6.07, 6.45) is 7.22. The minimum absolute atomic E-state index is 0.784. The molecule has 0 saturated heterocycles. The third-order valence-electron chi connectivity index (χ3n) is 2.33. The highest BCUT2D eigenvalue weighted by atomic mass is 79.9. The third kappa shape index (κ3) is 1.98. The molecule has 0 unspecified atom stereocenters. The topological polar surface area (TPSA) is 43.3 Å². The molecule has 0 atom stereocenters. The maximum Gasteiger partial charge on any atom is 0.170 e. The summed E-state index contributed by atoms with van der Waals surface area (Å²) in [5, 5.41) is 0.855. The maximum atomic E-state index is 5.27. The van der Waals surface area contributed by atoms with Crippen molar-refractivity contribution in [3.05, 3.63) is 41.3 Å². The van der Waals surface area contributed by atoms with Crippen molar-refractivity contribution in [3.63, 3.8) is 0 Å². The lowest BCUT2D eigenvalue weighted by Gasteiger charge is -2.02. The van der Waals surface area contributed by atoms with Crippen LogP contribution in [-0.4, -0.2) is 14.4 Å². The number of hydrogen-bond donors (Lipinski definition) is 0. The normalized spacial score (nSPS) is 11.2. The lowest BCUT2D eigenvalue weighted by Crippen LogP contribution is -1.91. The average molecular weight is 310 g/mol. The van der Waals surface area contributed by atoms with Crippen molar-refractivity contribution in [1.82, 2.24) is 14.4 Å². The summed E-state index contributed by atoms with van der Waals surface area (Å²) in [4.78, 5) is 9.80. The lowest BCUT2D eigenvalue weighted by atomic mass is 10.5. The number of imidazole rings is 1. The molecule has 3 aromatic rings. The van der Waals surface area contributed by atoms with Crippen LogP contribution in [0.3, 0.4) is 0 Å². The van der Waals surface area contributed by atoms with Crippen molar-refractivity contribution in [3.8, 4) is 0 Å². The fourth-order valence-electron chi connectivity index (χ4n) is 1.53. The molecule has 0 aliphatic heterocycles. The number of aromatic nitrogens is 3. The van der Waals surface area contributed by atoms with Crippen molar-refractivity contribution in [2.45, 2.75) is 16.8 Å². The Kier molecular flexibility index (Phi) is 2.68. The summed E-state index contributed by atoms with van der Waals surface area (Å²) in [5.41, 5.74) is 0.846. The van der Waals surface area contributed by atoms with Crippen molar-refractivity contribution in [2.24, 2.45) is 0 Å². The Bertz CT molecular complexity index is 676. The SMILES string of the molecule is Cc1occc1Sc1nc(Br)cn2ccnc12. The zero-order valence-electron chi connectivity index (χ0n) is 8.92. The molecular formula is C11H8BrN3OS. The molecule has 0 aromatic carbocycles. The van der Waals surface area contributed by atoms with Crippen LogP contribution in [0.15, 0.2) is 49.9 Å². The maximum absolute atomic E-state index is 5.27. The van der Waals surface area contributed by atoms with Gasteiger partial charge in [0.25, 0.3) is 0 Å². The Morgan fingerprint density at radius 3 is 3.12 bits per heavy atom. The first-order valence-electron chi connectivity index (χ1n) is 4.95. The van der Waals surface area contributed by atoms with E-state index in [0.717, 1.165) is 25.9 Å². The van der Waals surface area contributed by atoms with Crippen molar-refractivity contribution < 1.29 is 4.42 Å². The van der Waals surface area contributed by atoms with Crippen LogP contribution in [-0.2, 0) is 0 Å². The fourth-order valence-corrected chi connectivity index (χ4v) is 2.96. The highest BCUT2D eigenvalue weighted by Crippen LogP contribution is 2.32. The van der Waals surface area contributed by atoms with Crippen molar-refractivity contribution in [1.29, 1.82) is 0 Å². The molecule has 86 valence electrons. The summed E-state index contributed by atoms with van der Waals surface area (Å²) in [7, 11) is 0. The molecule has 3 rings (SSSR count). The Labute approximate surface area is 110 Å². The summed E-state index contributed by atoms with van der Waals surface area (Å²) in [5.74, 6) is 0.890. The number of furan rings is 1. The Hall–Kier alpha value is -1.27. The van der Waals surface area contributed by atoms with Gasteiger partial charge in [0.05, 0.1) is 11.2 Å². The number of fused-ring (bicyclic) bond motifs is 1. The highest BCUT2D eigenvalue weighted by Gasteiger charge is 2.11. The predicted octanol–water partition coefficient (Wildman–Crippen LogP) is 3.54. The first-order valence-corrected chi connectivity index (χ1v) is 6.56.